The lowest BCUT2D eigenvalue weighted by atomic mass is 9.84. The fourth-order valence-corrected chi connectivity index (χ4v) is 3.23. The van der Waals surface area contributed by atoms with Crippen LogP contribution in [0.25, 0.3) is 0 Å². The summed E-state index contributed by atoms with van der Waals surface area (Å²) in [6.07, 6.45) is 0.677. The van der Waals surface area contributed by atoms with Crippen molar-refractivity contribution in [2.45, 2.75) is 39.0 Å². The minimum Gasteiger partial charge on any atom is -0.497 e. The first kappa shape index (κ1) is 15.6. The molecule has 0 aliphatic carbocycles. The predicted molar refractivity (Wildman–Crippen MR) is 90.3 cm³/mol. The number of carbonyl (C=O) groups is 1. The van der Waals surface area contributed by atoms with Crippen molar-refractivity contribution in [2.24, 2.45) is 0 Å². The molecule has 1 atom stereocenters. The van der Waals surface area contributed by atoms with E-state index in [2.05, 4.69) is 19.9 Å². The average Bonchev–Trinajstić information content (AvgIpc) is 2.55. The number of hydrogen-bond acceptors (Lipinski definition) is 3. The number of aryl methyl sites for hydroxylation is 1. The van der Waals surface area contributed by atoms with Crippen molar-refractivity contribution in [3.63, 3.8) is 0 Å². The minimum atomic E-state index is -0.281. The predicted octanol–water partition coefficient (Wildman–Crippen LogP) is 4.37. The molecule has 0 saturated heterocycles. The lowest BCUT2D eigenvalue weighted by molar-refractivity contribution is -0.137. The van der Waals surface area contributed by atoms with Crippen molar-refractivity contribution >= 4 is 5.97 Å². The summed E-state index contributed by atoms with van der Waals surface area (Å²) in [6, 6.07) is 11.9. The third-order valence-corrected chi connectivity index (χ3v) is 4.51. The first-order valence-electron chi connectivity index (χ1n) is 7.99. The highest BCUT2D eigenvalue weighted by atomic mass is 16.5. The van der Waals surface area contributed by atoms with Crippen molar-refractivity contribution < 1.29 is 14.3 Å². The largest absolute Gasteiger partial charge is 0.497 e. The standard InChI is InChI=1S/C20H22O3/c1-12(2)16-9-8-13(3)19-18(16)11-17(20(21)23-19)14-6-5-7-15(10-14)22-4/h5-10,12,17H,11H2,1-4H3. The Morgan fingerprint density at radius 3 is 2.70 bits per heavy atom. The molecule has 0 aromatic heterocycles. The second-order valence-electron chi connectivity index (χ2n) is 6.39. The fourth-order valence-electron chi connectivity index (χ4n) is 3.23. The molecule has 120 valence electrons. The van der Waals surface area contributed by atoms with Crippen LogP contribution in [0.1, 0.15) is 47.9 Å². The fraction of sp³-hybridized carbons (Fsp3) is 0.350. The van der Waals surface area contributed by atoms with Gasteiger partial charge in [-0.25, -0.2) is 0 Å². The summed E-state index contributed by atoms with van der Waals surface area (Å²) in [6.45, 7) is 6.33. The Balaban J connectivity index is 2.05. The number of hydrogen-bond donors (Lipinski definition) is 0. The molecule has 0 bridgehead atoms. The van der Waals surface area contributed by atoms with Crippen molar-refractivity contribution in [1.82, 2.24) is 0 Å². The van der Waals surface area contributed by atoms with Gasteiger partial charge in [-0.1, -0.05) is 38.1 Å². The van der Waals surface area contributed by atoms with E-state index in [0.717, 1.165) is 28.2 Å². The van der Waals surface area contributed by atoms with Crippen molar-refractivity contribution in [3.05, 3.63) is 58.7 Å². The normalized spacial score (nSPS) is 16.9. The Bertz CT molecular complexity index is 747. The Kier molecular flexibility index (Phi) is 4.12. The topological polar surface area (TPSA) is 35.5 Å². The molecule has 3 rings (SSSR count). The summed E-state index contributed by atoms with van der Waals surface area (Å²) in [5.41, 5.74) is 4.37. The minimum absolute atomic E-state index is 0.185. The molecular weight excluding hydrogens is 288 g/mol. The summed E-state index contributed by atoms with van der Waals surface area (Å²) in [7, 11) is 1.63. The van der Waals surface area contributed by atoms with E-state index in [1.165, 1.54) is 5.56 Å². The van der Waals surface area contributed by atoms with Gasteiger partial charge in [-0.15, -0.1) is 0 Å². The van der Waals surface area contributed by atoms with Crippen LogP contribution in [-0.2, 0) is 11.2 Å². The van der Waals surface area contributed by atoms with Crippen LogP contribution in [-0.4, -0.2) is 13.1 Å². The molecular formula is C20H22O3. The Morgan fingerprint density at radius 2 is 2.00 bits per heavy atom. The van der Waals surface area contributed by atoms with Crippen LogP contribution in [0.3, 0.4) is 0 Å². The number of ether oxygens (including phenoxy) is 2. The average molecular weight is 310 g/mol. The van der Waals surface area contributed by atoms with Gasteiger partial charge in [0.15, 0.2) is 0 Å². The monoisotopic (exact) mass is 310 g/mol. The molecule has 3 nitrogen and oxygen atoms in total. The second kappa shape index (κ2) is 6.07. The van der Waals surface area contributed by atoms with Crippen molar-refractivity contribution in [2.75, 3.05) is 7.11 Å². The van der Waals surface area contributed by atoms with E-state index in [0.29, 0.717) is 12.3 Å². The smallest absolute Gasteiger partial charge is 0.319 e. The molecule has 0 N–H and O–H groups in total. The molecule has 0 fully saturated rings. The lowest BCUT2D eigenvalue weighted by Gasteiger charge is -2.28. The molecule has 0 amide bonds. The van der Waals surface area contributed by atoms with Gasteiger partial charge < -0.3 is 9.47 Å². The number of methoxy groups -OCH3 is 1. The quantitative estimate of drug-likeness (QED) is 0.623. The van der Waals surface area contributed by atoms with E-state index < -0.39 is 0 Å². The third-order valence-electron chi connectivity index (χ3n) is 4.51. The molecule has 23 heavy (non-hydrogen) atoms. The zero-order valence-corrected chi connectivity index (χ0v) is 14.1. The summed E-state index contributed by atoms with van der Waals surface area (Å²) < 4.78 is 11.0. The lowest BCUT2D eigenvalue weighted by Crippen LogP contribution is -2.27. The van der Waals surface area contributed by atoms with Gasteiger partial charge in [0, 0.05) is 0 Å². The molecule has 0 saturated carbocycles. The molecule has 0 radical (unpaired) electrons. The maximum absolute atomic E-state index is 12.5. The molecule has 1 unspecified atom stereocenters. The van der Waals surface area contributed by atoms with Crippen LogP contribution in [0.5, 0.6) is 11.5 Å². The number of rotatable bonds is 3. The third kappa shape index (κ3) is 2.83. The van der Waals surface area contributed by atoms with Crippen LogP contribution in [0.15, 0.2) is 36.4 Å². The van der Waals surface area contributed by atoms with E-state index in [9.17, 15) is 4.79 Å². The van der Waals surface area contributed by atoms with Crippen LogP contribution < -0.4 is 9.47 Å². The molecule has 2 aromatic carbocycles. The van der Waals surface area contributed by atoms with Crippen molar-refractivity contribution in [1.29, 1.82) is 0 Å². The van der Waals surface area contributed by atoms with Gasteiger partial charge in [0.1, 0.15) is 11.5 Å². The van der Waals surface area contributed by atoms with E-state index in [-0.39, 0.29) is 11.9 Å². The van der Waals surface area contributed by atoms with Crippen LogP contribution in [0.4, 0.5) is 0 Å². The number of fused-ring (bicyclic) bond motifs is 1. The molecule has 2 aromatic rings. The molecule has 1 heterocycles. The number of benzene rings is 2. The summed E-state index contributed by atoms with van der Waals surface area (Å²) in [5, 5.41) is 0. The Morgan fingerprint density at radius 1 is 1.22 bits per heavy atom. The molecule has 3 heteroatoms. The Labute approximate surface area is 137 Å². The van der Waals surface area contributed by atoms with Gasteiger partial charge >= 0.3 is 5.97 Å². The zero-order chi connectivity index (χ0) is 16.6. The summed E-state index contributed by atoms with van der Waals surface area (Å²) >= 11 is 0. The first-order valence-corrected chi connectivity index (χ1v) is 7.99. The summed E-state index contributed by atoms with van der Waals surface area (Å²) in [4.78, 5) is 12.5. The Hall–Kier alpha value is -2.29. The highest BCUT2D eigenvalue weighted by molar-refractivity contribution is 5.84. The highest BCUT2D eigenvalue weighted by Crippen LogP contribution is 2.40. The molecule has 1 aliphatic rings. The first-order chi connectivity index (χ1) is 11.0. The zero-order valence-electron chi connectivity index (χ0n) is 14.1. The van der Waals surface area contributed by atoms with Crippen LogP contribution >= 0.6 is 0 Å². The maximum Gasteiger partial charge on any atom is 0.319 e. The van der Waals surface area contributed by atoms with Gasteiger partial charge in [-0.3, -0.25) is 4.79 Å². The van der Waals surface area contributed by atoms with E-state index >= 15 is 0 Å². The van der Waals surface area contributed by atoms with Gasteiger partial charge in [-0.05, 0) is 53.6 Å². The SMILES string of the molecule is COc1cccc(C2Cc3c(C(C)C)ccc(C)c3OC2=O)c1. The number of esters is 1. The summed E-state index contributed by atoms with van der Waals surface area (Å²) in [5.74, 6) is 1.44. The second-order valence-corrected chi connectivity index (χ2v) is 6.39. The van der Waals surface area contributed by atoms with Crippen LogP contribution in [0, 0.1) is 6.92 Å². The van der Waals surface area contributed by atoms with Crippen molar-refractivity contribution in [3.8, 4) is 11.5 Å². The van der Waals surface area contributed by atoms with Gasteiger partial charge in [-0.2, -0.15) is 0 Å². The van der Waals surface area contributed by atoms with Gasteiger partial charge in [0.2, 0.25) is 0 Å². The van der Waals surface area contributed by atoms with E-state index in [1.54, 1.807) is 7.11 Å². The van der Waals surface area contributed by atoms with Gasteiger partial charge in [0.05, 0.1) is 13.0 Å². The highest BCUT2D eigenvalue weighted by Gasteiger charge is 2.32. The van der Waals surface area contributed by atoms with E-state index in [4.69, 9.17) is 9.47 Å². The maximum atomic E-state index is 12.5. The molecule has 1 aliphatic heterocycles. The van der Waals surface area contributed by atoms with E-state index in [1.807, 2.05) is 37.3 Å². The van der Waals surface area contributed by atoms with Gasteiger partial charge in [0.25, 0.3) is 0 Å². The van der Waals surface area contributed by atoms with Crippen LogP contribution in [0.2, 0.25) is 0 Å². The number of carbonyl (C=O) groups excluding carboxylic acids is 1. The molecule has 0 spiro atoms.